The average Bonchev–Trinajstić information content (AvgIpc) is 3.07. The van der Waals surface area contributed by atoms with Gasteiger partial charge >= 0.3 is 0 Å². The number of benzene rings is 2. The van der Waals surface area contributed by atoms with Crippen LogP contribution in [0.4, 0.5) is 5.69 Å². The summed E-state index contributed by atoms with van der Waals surface area (Å²) in [6, 6.07) is 10.7. The van der Waals surface area contributed by atoms with Crippen LogP contribution in [0.3, 0.4) is 0 Å². The molecule has 1 heterocycles. The van der Waals surface area contributed by atoms with E-state index in [0.717, 1.165) is 16.5 Å². The maximum atomic E-state index is 12.7. The normalized spacial score (nSPS) is 12.0. The van der Waals surface area contributed by atoms with Crippen LogP contribution in [0.1, 0.15) is 18.5 Å². The van der Waals surface area contributed by atoms with Crippen molar-refractivity contribution in [2.45, 2.75) is 19.9 Å². The molecule has 0 saturated heterocycles. The van der Waals surface area contributed by atoms with Gasteiger partial charge in [-0.2, -0.15) is 0 Å². The number of amides is 1. The van der Waals surface area contributed by atoms with Crippen molar-refractivity contribution in [3.63, 3.8) is 0 Å². The van der Waals surface area contributed by atoms with Crippen molar-refractivity contribution in [1.29, 1.82) is 0 Å². The van der Waals surface area contributed by atoms with Gasteiger partial charge in [-0.05, 0) is 37.6 Å². The summed E-state index contributed by atoms with van der Waals surface area (Å²) in [7, 11) is 3.22. The topological polar surface area (TPSA) is 52.5 Å². The second-order valence-electron chi connectivity index (χ2n) is 6.11. The largest absolute Gasteiger partial charge is 0.497 e. The molecule has 26 heavy (non-hydrogen) atoms. The van der Waals surface area contributed by atoms with Crippen LogP contribution in [0.2, 0.25) is 5.02 Å². The monoisotopic (exact) mass is 372 g/mol. The highest BCUT2D eigenvalue weighted by atomic mass is 35.5. The van der Waals surface area contributed by atoms with Gasteiger partial charge in [-0.3, -0.25) is 4.79 Å². The van der Waals surface area contributed by atoms with Crippen LogP contribution in [0.15, 0.2) is 42.6 Å². The Kier molecular flexibility index (Phi) is 5.09. The average molecular weight is 373 g/mol. The molecule has 3 aromatic rings. The van der Waals surface area contributed by atoms with Gasteiger partial charge < -0.3 is 19.4 Å². The van der Waals surface area contributed by atoms with Gasteiger partial charge in [0.1, 0.15) is 17.5 Å². The second kappa shape index (κ2) is 7.30. The van der Waals surface area contributed by atoms with Crippen LogP contribution in [0.25, 0.3) is 10.9 Å². The molecule has 5 nitrogen and oxygen atoms in total. The highest BCUT2D eigenvalue weighted by Gasteiger charge is 2.19. The molecule has 136 valence electrons. The Morgan fingerprint density at radius 2 is 1.92 bits per heavy atom. The molecule has 0 aliphatic carbocycles. The lowest BCUT2D eigenvalue weighted by atomic mass is 10.2. The van der Waals surface area contributed by atoms with Gasteiger partial charge in [0.05, 0.1) is 19.7 Å². The van der Waals surface area contributed by atoms with E-state index in [2.05, 4.69) is 5.32 Å². The molecule has 1 unspecified atom stereocenters. The molecule has 1 aromatic heterocycles. The van der Waals surface area contributed by atoms with E-state index in [1.807, 2.05) is 54.9 Å². The molecule has 0 bridgehead atoms. The third-order valence-electron chi connectivity index (χ3n) is 4.47. The number of carbonyl (C=O) groups is 1. The smallest absolute Gasteiger partial charge is 0.247 e. The lowest BCUT2D eigenvalue weighted by molar-refractivity contribution is -0.118. The lowest BCUT2D eigenvalue weighted by Gasteiger charge is -2.16. The van der Waals surface area contributed by atoms with Crippen molar-refractivity contribution in [3.05, 3.63) is 53.2 Å². The number of nitrogens with zero attached hydrogens (tertiary/aromatic N) is 1. The minimum atomic E-state index is -0.426. The standard InChI is InChI=1S/C20H21ClN2O3/c1-12-5-6-14(9-17(12)21)22-20(24)13(2)23-8-7-16-18(23)10-15(25-3)11-19(16)26-4/h5-11,13H,1-4H3,(H,22,24). The van der Waals surface area contributed by atoms with E-state index in [1.54, 1.807) is 20.3 Å². The number of nitrogens with one attached hydrogen (secondary N) is 1. The van der Waals surface area contributed by atoms with Crippen molar-refractivity contribution >= 4 is 34.1 Å². The third-order valence-corrected chi connectivity index (χ3v) is 4.87. The van der Waals surface area contributed by atoms with E-state index in [1.165, 1.54) is 0 Å². The molecular weight excluding hydrogens is 352 g/mol. The summed E-state index contributed by atoms with van der Waals surface area (Å²) < 4.78 is 12.7. The predicted octanol–water partition coefficient (Wildman–Crippen LogP) is 4.82. The Morgan fingerprint density at radius 3 is 2.58 bits per heavy atom. The molecule has 0 aliphatic heterocycles. The first-order chi connectivity index (χ1) is 12.4. The molecule has 0 aliphatic rings. The fourth-order valence-corrected chi connectivity index (χ4v) is 3.05. The Bertz CT molecular complexity index is 965. The van der Waals surface area contributed by atoms with Gasteiger partial charge in [0.25, 0.3) is 0 Å². The number of hydrogen-bond acceptors (Lipinski definition) is 3. The maximum Gasteiger partial charge on any atom is 0.247 e. The number of halogens is 1. The van der Waals surface area contributed by atoms with E-state index in [9.17, 15) is 4.79 Å². The number of carbonyl (C=O) groups excluding carboxylic acids is 1. The van der Waals surface area contributed by atoms with E-state index in [0.29, 0.717) is 22.2 Å². The van der Waals surface area contributed by atoms with Crippen LogP contribution in [0.5, 0.6) is 11.5 Å². The predicted molar refractivity (Wildman–Crippen MR) is 105 cm³/mol. The highest BCUT2D eigenvalue weighted by Crippen LogP contribution is 2.33. The third kappa shape index (κ3) is 3.35. The Balaban J connectivity index is 1.92. The molecular formula is C20H21ClN2O3. The van der Waals surface area contributed by atoms with Gasteiger partial charge in [0.2, 0.25) is 5.91 Å². The summed E-state index contributed by atoms with van der Waals surface area (Å²) in [5, 5.41) is 4.46. The van der Waals surface area contributed by atoms with Gasteiger partial charge in [-0.1, -0.05) is 17.7 Å². The van der Waals surface area contributed by atoms with Crippen LogP contribution < -0.4 is 14.8 Å². The van der Waals surface area contributed by atoms with Crippen LogP contribution >= 0.6 is 11.6 Å². The quantitative estimate of drug-likeness (QED) is 0.698. The van der Waals surface area contributed by atoms with E-state index < -0.39 is 6.04 Å². The number of aromatic nitrogens is 1. The van der Waals surface area contributed by atoms with E-state index in [-0.39, 0.29) is 5.91 Å². The Hall–Kier alpha value is -2.66. The number of rotatable bonds is 5. The van der Waals surface area contributed by atoms with E-state index in [4.69, 9.17) is 21.1 Å². The van der Waals surface area contributed by atoms with Gasteiger partial charge in [-0.15, -0.1) is 0 Å². The number of anilines is 1. The number of ether oxygens (including phenoxy) is 2. The van der Waals surface area contributed by atoms with Crippen LogP contribution in [-0.4, -0.2) is 24.7 Å². The fourth-order valence-electron chi connectivity index (χ4n) is 2.87. The first kappa shape index (κ1) is 18.1. The number of methoxy groups -OCH3 is 2. The van der Waals surface area contributed by atoms with Crippen LogP contribution in [0, 0.1) is 6.92 Å². The van der Waals surface area contributed by atoms with Gasteiger partial charge in [0.15, 0.2) is 0 Å². The number of aryl methyl sites for hydroxylation is 1. The number of fused-ring (bicyclic) bond motifs is 1. The van der Waals surface area contributed by atoms with Crippen LogP contribution in [-0.2, 0) is 4.79 Å². The molecule has 0 spiro atoms. The summed E-state index contributed by atoms with van der Waals surface area (Å²) >= 11 is 6.14. The molecule has 0 radical (unpaired) electrons. The fraction of sp³-hybridized carbons (Fsp3) is 0.250. The molecule has 1 amide bonds. The zero-order valence-corrected chi connectivity index (χ0v) is 15.9. The van der Waals surface area contributed by atoms with E-state index >= 15 is 0 Å². The Labute approximate surface area is 157 Å². The molecule has 2 aromatic carbocycles. The highest BCUT2D eigenvalue weighted by molar-refractivity contribution is 6.31. The summed E-state index contributed by atoms with van der Waals surface area (Å²) in [6.07, 6.45) is 1.87. The van der Waals surface area contributed by atoms with Gasteiger partial charge in [-0.25, -0.2) is 0 Å². The summed E-state index contributed by atoms with van der Waals surface area (Å²) in [4.78, 5) is 12.7. The minimum absolute atomic E-state index is 0.135. The second-order valence-corrected chi connectivity index (χ2v) is 6.52. The lowest BCUT2D eigenvalue weighted by Crippen LogP contribution is -2.23. The first-order valence-electron chi connectivity index (χ1n) is 8.24. The molecule has 6 heteroatoms. The minimum Gasteiger partial charge on any atom is -0.497 e. The zero-order valence-electron chi connectivity index (χ0n) is 15.2. The van der Waals surface area contributed by atoms with Crippen molar-refractivity contribution in [1.82, 2.24) is 4.57 Å². The summed E-state index contributed by atoms with van der Waals surface area (Å²) in [5.41, 5.74) is 2.50. The molecule has 3 rings (SSSR count). The summed E-state index contributed by atoms with van der Waals surface area (Å²) in [5.74, 6) is 1.24. The molecule has 0 fully saturated rings. The summed E-state index contributed by atoms with van der Waals surface area (Å²) in [6.45, 7) is 3.76. The zero-order chi connectivity index (χ0) is 18.8. The van der Waals surface area contributed by atoms with Crippen molar-refractivity contribution in [2.24, 2.45) is 0 Å². The first-order valence-corrected chi connectivity index (χ1v) is 8.62. The molecule has 1 N–H and O–H groups in total. The van der Waals surface area contributed by atoms with Gasteiger partial charge in [0, 0.05) is 34.4 Å². The molecule has 1 atom stereocenters. The number of hydrogen-bond donors (Lipinski definition) is 1. The maximum absolute atomic E-state index is 12.7. The van der Waals surface area contributed by atoms with Crippen molar-refractivity contribution < 1.29 is 14.3 Å². The van der Waals surface area contributed by atoms with Crippen molar-refractivity contribution in [2.75, 3.05) is 19.5 Å². The van der Waals surface area contributed by atoms with Crippen molar-refractivity contribution in [3.8, 4) is 11.5 Å². The SMILES string of the molecule is COc1cc(OC)c2ccn(C(C)C(=O)Nc3ccc(C)c(Cl)c3)c2c1. The molecule has 0 saturated carbocycles. The Morgan fingerprint density at radius 1 is 1.15 bits per heavy atom.